The topological polar surface area (TPSA) is 74.0 Å². The average Bonchev–Trinajstić information content (AvgIpc) is 3.20. The van der Waals surface area contributed by atoms with Gasteiger partial charge in [-0.15, -0.1) is 0 Å². The summed E-state index contributed by atoms with van der Waals surface area (Å²) in [7, 11) is 1.91. The molecular weight excluding hydrogens is 300 g/mol. The lowest BCUT2D eigenvalue weighted by atomic mass is 10.0. The van der Waals surface area contributed by atoms with E-state index in [0.717, 1.165) is 33.5 Å². The number of nitrogens with zero attached hydrogens (tertiary/aromatic N) is 5. The van der Waals surface area contributed by atoms with Crippen molar-refractivity contribution >= 4 is 5.52 Å². The molecule has 4 aromatic rings. The first kappa shape index (κ1) is 14.6. The van der Waals surface area contributed by atoms with Gasteiger partial charge in [0.15, 0.2) is 0 Å². The lowest BCUT2D eigenvalue weighted by molar-refractivity contribution is 0.768. The molecule has 6 heteroatoms. The van der Waals surface area contributed by atoms with Crippen molar-refractivity contribution in [1.82, 2.24) is 24.4 Å². The first-order valence-corrected chi connectivity index (χ1v) is 7.78. The highest BCUT2D eigenvalue weighted by Crippen LogP contribution is 2.28. The number of rotatable bonds is 3. The van der Waals surface area contributed by atoms with Crippen molar-refractivity contribution in [3.05, 3.63) is 60.3 Å². The maximum atomic E-state index is 5.76. The van der Waals surface area contributed by atoms with Crippen LogP contribution in [0.1, 0.15) is 11.1 Å². The lowest BCUT2D eigenvalue weighted by Gasteiger charge is -2.07. The van der Waals surface area contributed by atoms with E-state index in [0.29, 0.717) is 6.54 Å². The van der Waals surface area contributed by atoms with Crippen molar-refractivity contribution in [1.29, 1.82) is 0 Å². The summed E-state index contributed by atoms with van der Waals surface area (Å²) in [4.78, 5) is 4.50. The molecule has 1 aromatic carbocycles. The standard InChI is InChI=1S/C18H18N6/c1-12-5-13(3-4-14(12)7-19)18-17-6-15(10-24(17)22-11-20-18)16-8-21-23(2)9-16/h3-6,8-11H,7,19H2,1-2H3. The minimum absolute atomic E-state index is 0.543. The third-order valence-corrected chi connectivity index (χ3v) is 4.28. The minimum atomic E-state index is 0.543. The Morgan fingerprint density at radius 3 is 2.62 bits per heavy atom. The number of aryl methyl sites for hydroxylation is 2. The molecule has 0 aliphatic carbocycles. The van der Waals surface area contributed by atoms with Gasteiger partial charge in [-0.3, -0.25) is 4.68 Å². The van der Waals surface area contributed by atoms with Gasteiger partial charge in [-0.05, 0) is 30.2 Å². The van der Waals surface area contributed by atoms with Crippen LogP contribution < -0.4 is 5.73 Å². The summed E-state index contributed by atoms with van der Waals surface area (Å²) < 4.78 is 3.65. The smallest absolute Gasteiger partial charge is 0.137 e. The van der Waals surface area contributed by atoms with Crippen molar-refractivity contribution in [3.8, 4) is 22.4 Å². The van der Waals surface area contributed by atoms with Crippen LogP contribution in [0.15, 0.2) is 49.2 Å². The molecule has 0 saturated heterocycles. The van der Waals surface area contributed by atoms with Crippen molar-refractivity contribution in [2.45, 2.75) is 13.5 Å². The molecule has 4 rings (SSSR count). The number of hydrogen-bond donors (Lipinski definition) is 1. The number of nitrogens with two attached hydrogens (primary N) is 1. The van der Waals surface area contributed by atoms with Gasteiger partial charge in [-0.2, -0.15) is 10.2 Å². The van der Waals surface area contributed by atoms with Gasteiger partial charge in [0.25, 0.3) is 0 Å². The summed E-state index contributed by atoms with van der Waals surface area (Å²) in [6.07, 6.45) is 7.42. The fourth-order valence-corrected chi connectivity index (χ4v) is 2.95. The fraction of sp³-hybridized carbons (Fsp3) is 0.167. The molecule has 0 unspecified atom stereocenters. The average molecular weight is 318 g/mol. The molecule has 3 heterocycles. The Hall–Kier alpha value is -2.99. The maximum absolute atomic E-state index is 5.76. The molecule has 0 saturated carbocycles. The quantitative estimate of drug-likeness (QED) is 0.630. The largest absolute Gasteiger partial charge is 0.326 e. The van der Waals surface area contributed by atoms with Crippen LogP contribution in [-0.4, -0.2) is 24.4 Å². The molecular formula is C18H18N6. The molecule has 0 spiro atoms. The Morgan fingerprint density at radius 1 is 1.04 bits per heavy atom. The zero-order valence-electron chi connectivity index (χ0n) is 13.6. The van der Waals surface area contributed by atoms with Crippen molar-refractivity contribution in [2.24, 2.45) is 12.8 Å². The molecule has 24 heavy (non-hydrogen) atoms. The van der Waals surface area contributed by atoms with Gasteiger partial charge >= 0.3 is 0 Å². The molecule has 2 N–H and O–H groups in total. The van der Waals surface area contributed by atoms with E-state index in [4.69, 9.17) is 5.73 Å². The molecule has 3 aromatic heterocycles. The summed E-state index contributed by atoms with van der Waals surface area (Å²) in [6.45, 7) is 2.62. The van der Waals surface area contributed by atoms with Gasteiger partial charge in [-0.1, -0.05) is 12.1 Å². The molecule has 120 valence electrons. The fourth-order valence-electron chi connectivity index (χ4n) is 2.95. The summed E-state index contributed by atoms with van der Waals surface area (Å²) in [5.74, 6) is 0. The molecule has 0 amide bonds. The van der Waals surface area contributed by atoms with Gasteiger partial charge in [0.1, 0.15) is 6.33 Å². The van der Waals surface area contributed by atoms with Crippen LogP contribution in [0.5, 0.6) is 0 Å². The highest BCUT2D eigenvalue weighted by Gasteiger charge is 2.11. The van der Waals surface area contributed by atoms with Crippen LogP contribution in [0.3, 0.4) is 0 Å². The maximum Gasteiger partial charge on any atom is 0.137 e. The number of benzene rings is 1. The molecule has 0 radical (unpaired) electrons. The Morgan fingerprint density at radius 2 is 1.92 bits per heavy atom. The number of fused-ring (bicyclic) bond motifs is 1. The number of aromatic nitrogens is 5. The van der Waals surface area contributed by atoms with Crippen LogP contribution >= 0.6 is 0 Å². The summed E-state index contributed by atoms with van der Waals surface area (Å²) >= 11 is 0. The van der Waals surface area contributed by atoms with E-state index in [9.17, 15) is 0 Å². The van der Waals surface area contributed by atoms with Crippen molar-refractivity contribution in [3.63, 3.8) is 0 Å². The van der Waals surface area contributed by atoms with E-state index in [1.165, 1.54) is 5.56 Å². The van der Waals surface area contributed by atoms with Crippen LogP contribution in [-0.2, 0) is 13.6 Å². The van der Waals surface area contributed by atoms with E-state index in [-0.39, 0.29) is 0 Å². The van der Waals surface area contributed by atoms with E-state index in [1.807, 2.05) is 30.2 Å². The van der Waals surface area contributed by atoms with Gasteiger partial charge < -0.3 is 5.73 Å². The third kappa shape index (κ3) is 2.37. The zero-order valence-corrected chi connectivity index (χ0v) is 13.6. The SMILES string of the molecule is Cc1cc(-c2ncnn3cc(-c4cnn(C)c4)cc23)ccc1CN. The second kappa shape index (κ2) is 5.58. The van der Waals surface area contributed by atoms with Gasteiger partial charge in [0, 0.05) is 42.7 Å². The Bertz CT molecular complexity index is 1030. The monoisotopic (exact) mass is 318 g/mol. The van der Waals surface area contributed by atoms with Crippen LogP contribution in [0.4, 0.5) is 0 Å². The predicted octanol–water partition coefficient (Wildman–Crippen LogP) is 2.56. The Labute approximate surface area is 139 Å². The second-order valence-corrected chi connectivity index (χ2v) is 5.92. The van der Waals surface area contributed by atoms with Crippen LogP contribution in [0.25, 0.3) is 27.9 Å². The first-order valence-electron chi connectivity index (χ1n) is 7.78. The van der Waals surface area contributed by atoms with Crippen molar-refractivity contribution in [2.75, 3.05) is 0 Å². The third-order valence-electron chi connectivity index (χ3n) is 4.28. The molecule has 0 atom stereocenters. The van der Waals surface area contributed by atoms with Crippen molar-refractivity contribution < 1.29 is 0 Å². The van der Waals surface area contributed by atoms with E-state index >= 15 is 0 Å². The molecule has 0 aliphatic rings. The lowest BCUT2D eigenvalue weighted by Crippen LogP contribution is -2.00. The Balaban J connectivity index is 1.87. The summed E-state index contributed by atoms with van der Waals surface area (Å²) in [6, 6.07) is 8.35. The van der Waals surface area contributed by atoms with E-state index < -0.39 is 0 Å². The normalized spacial score (nSPS) is 11.3. The van der Waals surface area contributed by atoms with Crippen LogP contribution in [0, 0.1) is 6.92 Å². The summed E-state index contributed by atoms with van der Waals surface area (Å²) in [5.41, 5.74) is 13.2. The van der Waals surface area contributed by atoms with Gasteiger partial charge in [0.05, 0.1) is 17.4 Å². The molecule has 0 fully saturated rings. The second-order valence-electron chi connectivity index (χ2n) is 5.92. The number of hydrogen-bond acceptors (Lipinski definition) is 4. The highest BCUT2D eigenvalue weighted by atomic mass is 15.2. The first-order chi connectivity index (χ1) is 11.7. The molecule has 0 aliphatic heterocycles. The van der Waals surface area contributed by atoms with Gasteiger partial charge in [0.2, 0.25) is 0 Å². The van der Waals surface area contributed by atoms with E-state index in [2.05, 4.69) is 46.4 Å². The van der Waals surface area contributed by atoms with E-state index in [1.54, 1.807) is 11.0 Å². The zero-order chi connectivity index (χ0) is 16.7. The highest BCUT2D eigenvalue weighted by molar-refractivity contribution is 5.81. The minimum Gasteiger partial charge on any atom is -0.326 e. The molecule has 6 nitrogen and oxygen atoms in total. The predicted molar refractivity (Wildman–Crippen MR) is 93.3 cm³/mol. The van der Waals surface area contributed by atoms with Crippen LogP contribution in [0.2, 0.25) is 0 Å². The molecule has 0 bridgehead atoms. The van der Waals surface area contributed by atoms with Gasteiger partial charge in [-0.25, -0.2) is 9.50 Å². The Kier molecular flexibility index (Phi) is 3.39. The summed E-state index contributed by atoms with van der Waals surface area (Å²) in [5, 5.41) is 8.57.